The Balaban J connectivity index is 0.00000798. The Morgan fingerprint density at radius 1 is 0.394 bits per heavy atom. The monoisotopic (exact) mass is 1470 g/mol. The molecule has 0 unspecified atom stereocenters. The summed E-state index contributed by atoms with van der Waals surface area (Å²) in [6.07, 6.45) is 2.11. The number of nitrogens with zero attached hydrogens (tertiary/aromatic N) is 4. The molecule has 13 aromatic rings. The molecule has 2 aromatic heterocycles. The fourth-order valence-electron chi connectivity index (χ4n) is 15.8. The number of hydrogen-bond acceptors (Lipinski definition) is 4. The van der Waals surface area contributed by atoms with E-state index in [9.17, 15) is 0 Å². The van der Waals surface area contributed by atoms with Crippen molar-refractivity contribution in [1.82, 2.24) is 9.55 Å². The van der Waals surface area contributed by atoms with Crippen LogP contribution in [0.2, 0.25) is 0 Å². The number of fused-ring (bicyclic) bond motifs is 15. The molecule has 496 valence electrons. The summed E-state index contributed by atoms with van der Waals surface area (Å²) in [5, 5.41) is 2.25. The van der Waals surface area contributed by atoms with Crippen molar-refractivity contribution in [3.8, 4) is 73.0 Å². The number of rotatable bonds is 8. The maximum atomic E-state index is 7.17. The van der Waals surface area contributed by atoms with Gasteiger partial charge in [0.05, 0.1) is 5.41 Å². The Bertz CT molecular complexity index is 5300. The molecule has 6 heteroatoms. The van der Waals surface area contributed by atoms with Crippen LogP contribution >= 0.6 is 0 Å². The first-order chi connectivity index (χ1) is 46.7. The van der Waals surface area contributed by atoms with Gasteiger partial charge in [0.1, 0.15) is 5.82 Å². The van der Waals surface area contributed by atoms with Crippen molar-refractivity contribution in [3.63, 3.8) is 0 Å². The van der Waals surface area contributed by atoms with E-state index in [1.807, 2.05) is 6.07 Å². The van der Waals surface area contributed by atoms with Crippen LogP contribution in [-0.4, -0.2) is 9.55 Å². The molecule has 3 aliphatic rings. The number of ether oxygens (including phenoxy) is 1. The van der Waals surface area contributed by atoms with Crippen LogP contribution in [0.25, 0.3) is 83.3 Å². The van der Waals surface area contributed by atoms with E-state index in [2.05, 4.69) is 368 Å². The average molecular weight is 1470 g/mol. The van der Waals surface area contributed by atoms with Crippen molar-refractivity contribution >= 4 is 44.6 Å². The van der Waals surface area contributed by atoms with Gasteiger partial charge in [-0.3, -0.25) is 0 Å². The van der Waals surface area contributed by atoms with E-state index < -0.39 is 5.41 Å². The number of pyridine rings is 1. The van der Waals surface area contributed by atoms with Gasteiger partial charge in [-0.25, -0.2) is 4.98 Å². The maximum absolute atomic E-state index is 7.17. The van der Waals surface area contributed by atoms with E-state index in [0.29, 0.717) is 11.5 Å². The Hall–Kier alpha value is -9.54. The smallest absolute Gasteiger partial charge is 0.135 e. The summed E-state index contributed by atoms with van der Waals surface area (Å²) in [5.41, 5.74) is 28.5. The first-order valence-corrected chi connectivity index (χ1v) is 34.8. The molecule has 11 aromatic carbocycles. The Kier molecular flexibility index (Phi) is 15.6. The second-order valence-electron chi connectivity index (χ2n) is 32.5. The zero-order valence-corrected chi connectivity index (χ0v) is 61.9. The summed E-state index contributed by atoms with van der Waals surface area (Å²) < 4.78 is 9.52. The minimum absolute atomic E-state index is 0. The summed E-state index contributed by atoms with van der Waals surface area (Å²) in [6, 6.07) is 93.6. The Morgan fingerprint density at radius 3 is 1.45 bits per heavy atom. The molecule has 99 heavy (non-hydrogen) atoms. The van der Waals surface area contributed by atoms with Crippen molar-refractivity contribution in [3.05, 3.63) is 306 Å². The van der Waals surface area contributed by atoms with Gasteiger partial charge >= 0.3 is 0 Å². The van der Waals surface area contributed by atoms with Crippen molar-refractivity contribution in [1.29, 1.82) is 0 Å². The predicted octanol–water partition coefficient (Wildman–Crippen LogP) is 24.8. The molecule has 2 aliphatic carbocycles. The number of hydrogen-bond donors (Lipinski definition) is 0. The van der Waals surface area contributed by atoms with E-state index in [-0.39, 0.29) is 48.1 Å². The van der Waals surface area contributed by atoms with Crippen LogP contribution in [0.4, 0.5) is 22.7 Å². The second-order valence-corrected chi connectivity index (χ2v) is 32.5. The minimum atomic E-state index is -0.594. The summed E-state index contributed by atoms with van der Waals surface area (Å²) in [6.45, 7) is 36.9. The first kappa shape index (κ1) is 65.4. The van der Waals surface area contributed by atoms with Gasteiger partial charge < -0.3 is 19.1 Å². The number of para-hydroxylation sites is 3. The fraction of sp³-hybridized carbons (Fsp3) is 0.226. The molecular weight excluding hydrogens is 1380 g/mol. The zero-order chi connectivity index (χ0) is 68.2. The van der Waals surface area contributed by atoms with E-state index in [0.717, 1.165) is 67.2 Å². The standard InChI is InChI=1S/C93H85N4O.Pt/c1-88(2,3)61-30-24-28-58(48-61)68-37-27-38-69(60-50-63(90(7,8)9)52-64(51-60)91(10,11)12)87(68)96-57-95(80-42-22-23-43-81(80)96)65-32-26-33-66(53-65)98-67-44-45-74-83(54-67)97(84-55-79(92(13,14)15)75(56-94-84)59-29-25-31-62(49-59)89(4,5)6)82-47-46-73-72-36-18-21-41-78(72)93(86(73)85(74)82)76-39-19-16-34-70(76)71-35-17-20-40-77(71)93;/h16-52,55-57H,1-15H3;/q-3;. The molecule has 0 bridgehead atoms. The molecule has 0 N–H and O–H groups in total. The molecule has 16 rings (SSSR count). The molecular formula is C93H85N4OPt-3. The molecule has 3 heterocycles. The van der Waals surface area contributed by atoms with Crippen LogP contribution in [0.5, 0.6) is 11.5 Å². The molecule has 5 nitrogen and oxygen atoms in total. The molecule has 0 amide bonds. The van der Waals surface area contributed by atoms with Crippen molar-refractivity contribution in [2.45, 2.75) is 136 Å². The van der Waals surface area contributed by atoms with E-state index in [1.165, 1.54) is 88.8 Å². The molecule has 0 saturated heterocycles. The Labute approximate surface area is 600 Å². The average Bonchev–Trinajstić information content (AvgIpc) is 1.49. The Morgan fingerprint density at radius 2 is 0.879 bits per heavy atom. The van der Waals surface area contributed by atoms with Crippen LogP contribution < -0.4 is 14.5 Å². The van der Waals surface area contributed by atoms with Gasteiger partial charge in [-0.2, -0.15) is 12.1 Å². The topological polar surface area (TPSA) is 33.5 Å². The second kappa shape index (κ2) is 23.6. The van der Waals surface area contributed by atoms with Gasteiger partial charge in [-0.05, 0) is 146 Å². The predicted molar refractivity (Wildman–Crippen MR) is 410 cm³/mol. The third-order valence-corrected chi connectivity index (χ3v) is 20.9. The number of benzene rings is 11. The van der Waals surface area contributed by atoms with Crippen LogP contribution in [0.1, 0.15) is 154 Å². The van der Waals surface area contributed by atoms with Crippen molar-refractivity contribution in [2.75, 3.05) is 9.80 Å². The van der Waals surface area contributed by atoms with Gasteiger partial charge in [-0.1, -0.05) is 285 Å². The SMILES string of the molecule is CC(C)(C)c1cccc(-c2cnc(-n3c4[c-]c(Oc5[c-]c(N6[CH-]N(c7c(-c8cccc(C(C)(C)C)c8)cccc7-c7cc(C(C)(C)C)cc(C(C)(C)C)c7)c7ccccc76)ccc5)ccc4c4c5c(ccc43)-c3ccccc3C53c4ccccc4-c4ccccc43)cc2C(C)(C)C)c1.[Pt]. The minimum Gasteiger partial charge on any atom is -0.509 e. The van der Waals surface area contributed by atoms with Gasteiger partial charge in [0.15, 0.2) is 0 Å². The van der Waals surface area contributed by atoms with Crippen molar-refractivity contribution in [2.24, 2.45) is 0 Å². The van der Waals surface area contributed by atoms with E-state index in [4.69, 9.17) is 9.72 Å². The molecule has 0 atom stereocenters. The van der Waals surface area contributed by atoms with Gasteiger partial charge in [0.2, 0.25) is 0 Å². The quantitative estimate of drug-likeness (QED) is 0.142. The van der Waals surface area contributed by atoms with Gasteiger partial charge in [-0.15, -0.1) is 48.1 Å². The molecule has 0 saturated carbocycles. The van der Waals surface area contributed by atoms with Gasteiger partial charge in [0.25, 0.3) is 0 Å². The number of aromatic nitrogens is 2. The summed E-state index contributed by atoms with van der Waals surface area (Å²) in [5.74, 6) is 1.96. The van der Waals surface area contributed by atoms with Crippen LogP contribution in [-0.2, 0) is 53.6 Å². The van der Waals surface area contributed by atoms with Crippen molar-refractivity contribution < 1.29 is 25.8 Å². The summed E-state index contributed by atoms with van der Waals surface area (Å²) >= 11 is 0. The number of anilines is 4. The first-order valence-electron chi connectivity index (χ1n) is 34.8. The normalized spacial score (nSPS) is 13.9. The molecule has 0 fully saturated rings. The van der Waals surface area contributed by atoms with Gasteiger partial charge in [0, 0.05) is 78.0 Å². The maximum Gasteiger partial charge on any atom is 0.135 e. The van der Waals surface area contributed by atoms with E-state index >= 15 is 0 Å². The van der Waals surface area contributed by atoms with Crippen LogP contribution in [0, 0.1) is 18.8 Å². The largest absolute Gasteiger partial charge is 0.509 e. The third kappa shape index (κ3) is 10.8. The van der Waals surface area contributed by atoms with Crippen LogP contribution in [0.3, 0.4) is 0 Å². The summed E-state index contributed by atoms with van der Waals surface area (Å²) in [4.78, 5) is 10.2. The van der Waals surface area contributed by atoms with Crippen LogP contribution in [0.15, 0.2) is 237 Å². The summed E-state index contributed by atoms with van der Waals surface area (Å²) in [7, 11) is 0. The molecule has 0 radical (unpaired) electrons. The fourth-order valence-corrected chi connectivity index (χ4v) is 15.8. The zero-order valence-electron chi connectivity index (χ0n) is 59.6. The molecule has 1 aliphatic heterocycles. The molecule has 1 spiro atoms. The third-order valence-electron chi connectivity index (χ3n) is 20.9. The van der Waals surface area contributed by atoms with E-state index in [1.54, 1.807) is 0 Å².